The van der Waals surface area contributed by atoms with Crippen LogP contribution in [0.5, 0.6) is 0 Å². The largest absolute Gasteiger partial charge is 0.444 e. The van der Waals surface area contributed by atoms with Gasteiger partial charge in [-0.25, -0.2) is 19.3 Å². The predicted molar refractivity (Wildman–Crippen MR) is 114 cm³/mol. The molecule has 0 bridgehead atoms. The van der Waals surface area contributed by atoms with Gasteiger partial charge in [0.05, 0.1) is 5.39 Å². The summed E-state index contributed by atoms with van der Waals surface area (Å²) in [5.74, 6) is 0.457. The van der Waals surface area contributed by atoms with Crippen LogP contribution in [-0.2, 0) is 16.6 Å². The SMILES string of the molecule is Cn1nc(N2CCC(=O)NC2=O)c2ccc(C3CCN(C(=O)OC(C)(C)C)CC3)nc21. The molecule has 10 nitrogen and oxygen atoms in total. The number of urea groups is 1. The van der Waals surface area contributed by atoms with E-state index in [9.17, 15) is 14.4 Å². The van der Waals surface area contributed by atoms with Crippen molar-refractivity contribution < 1.29 is 19.1 Å². The summed E-state index contributed by atoms with van der Waals surface area (Å²) < 4.78 is 7.13. The third kappa shape index (κ3) is 4.33. The molecular formula is C21H28N6O4. The number of carbonyl (C=O) groups is 3. The van der Waals surface area contributed by atoms with Gasteiger partial charge in [0.2, 0.25) is 5.91 Å². The number of ether oxygens (including phenoxy) is 1. The highest BCUT2D eigenvalue weighted by molar-refractivity contribution is 6.08. The summed E-state index contributed by atoms with van der Waals surface area (Å²) >= 11 is 0. The first-order chi connectivity index (χ1) is 14.6. The Bertz CT molecular complexity index is 1030. The number of amides is 4. The van der Waals surface area contributed by atoms with Gasteiger partial charge in [0.1, 0.15) is 5.60 Å². The van der Waals surface area contributed by atoms with Crippen molar-refractivity contribution in [3.05, 3.63) is 17.8 Å². The average molecular weight is 428 g/mol. The summed E-state index contributed by atoms with van der Waals surface area (Å²) in [5, 5.41) is 7.58. The van der Waals surface area contributed by atoms with Gasteiger partial charge >= 0.3 is 12.1 Å². The number of carbonyl (C=O) groups excluding carboxylic acids is 3. The highest BCUT2D eigenvalue weighted by Crippen LogP contribution is 2.31. The second-order valence-electron chi connectivity index (χ2n) is 9.05. The molecule has 0 aromatic carbocycles. The third-order valence-electron chi connectivity index (χ3n) is 5.56. The van der Waals surface area contributed by atoms with Crippen LogP contribution in [0.4, 0.5) is 15.4 Å². The summed E-state index contributed by atoms with van der Waals surface area (Å²) in [5.41, 5.74) is 1.13. The van der Waals surface area contributed by atoms with E-state index in [1.165, 1.54) is 4.90 Å². The second kappa shape index (κ2) is 7.82. The number of pyridine rings is 1. The Balaban J connectivity index is 1.49. The molecule has 0 radical (unpaired) electrons. The Morgan fingerprint density at radius 1 is 1.16 bits per heavy atom. The second-order valence-corrected chi connectivity index (χ2v) is 9.05. The van der Waals surface area contributed by atoms with Crippen LogP contribution >= 0.6 is 0 Å². The van der Waals surface area contributed by atoms with Crippen LogP contribution in [-0.4, -0.2) is 62.9 Å². The lowest BCUT2D eigenvalue weighted by Gasteiger charge is -2.33. The number of hydrogen-bond acceptors (Lipinski definition) is 6. The van der Waals surface area contributed by atoms with Crippen molar-refractivity contribution in [1.82, 2.24) is 25.0 Å². The van der Waals surface area contributed by atoms with E-state index < -0.39 is 11.6 Å². The fourth-order valence-corrected chi connectivity index (χ4v) is 4.00. The van der Waals surface area contributed by atoms with Crippen LogP contribution in [0.25, 0.3) is 11.0 Å². The summed E-state index contributed by atoms with van der Waals surface area (Å²) in [6.07, 6.45) is 1.58. The molecule has 4 amide bonds. The molecule has 0 spiro atoms. The van der Waals surface area contributed by atoms with Crippen molar-refractivity contribution in [3.8, 4) is 0 Å². The number of imide groups is 1. The normalized spacial score (nSPS) is 18.5. The highest BCUT2D eigenvalue weighted by atomic mass is 16.6. The van der Waals surface area contributed by atoms with Gasteiger partial charge in [-0.15, -0.1) is 0 Å². The summed E-state index contributed by atoms with van der Waals surface area (Å²) in [4.78, 5) is 44.0. The fourth-order valence-electron chi connectivity index (χ4n) is 4.00. The van der Waals surface area contributed by atoms with Crippen molar-refractivity contribution in [2.75, 3.05) is 24.5 Å². The maximum atomic E-state index is 12.3. The first-order valence-corrected chi connectivity index (χ1v) is 10.6. The van der Waals surface area contributed by atoms with E-state index in [4.69, 9.17) is 9.72 Å². The molecule has 0 unspecified atom stereocenters. The highest BCUT2D eigenvalue weighted by Gasteiger charge is 2.30. The number of piperidine rings is 1. The molecule has 0 atom stereocenters. The molecule has 2 fully saturated rings. The van der Waals surface area contributed by atoms with Crippen molar-refractivity contribution >= 4 is 34.9 Å². The van der Waals surface area contributed by atoms with Crippen molar-refractivity contribution in [2.24, 2.45) is 7.05 Å². The Kier molecular flexibility index (Phi) is 5.32. The molecule has 166 valence electrons. The van der Waals surface area contributed by atoms with Gasteiger partial charge < -0.3 is 9.64 Å². The van der Waals surface area contributed by atoms with Gasteiger partial charge in [-0.1, -0.05) is 0 Å². The van der Waals surface area contributed by atoms with Gasteiger partial charge in [-0.3, -0.25) is 15.0 Å². The molecule has 31 heavy (non-hydrogen) atoms. The molecule has 2 aromatic heterocycles. The number of anilines is 1. The van der Waals surface area contributed by atoms with E-state index in [0.29, 0.717) is 31.1 Å². The quantitative estimate of drug-likeness (QED) is 0.787. The smallest absolute Gasteiger partial charge is 0.410 e. The molecule has 2 saturated heterocycles. The lowest BCUT2D eigenvalue weighted by molar-refractivity contribution is -0.120. The Morgan fingerprint density at radius 3 is 2.52 bits per heavy atom. The first kappa shape index (κ1) is 21.1. The van der Waals surface area contributed by atoms with Crippen LogP contribution in [0.1, 0.15) is 51.6 Å². The molecule has 1 N–H and O–H groups in total. The van der Waals surface area contributed by atoms with Gasteiger partial charge in [0.25, 0.3) is 0 Å². The Hall–Kier alpha value is -3.17. The van der Waals surface area contributed by atoms with Gasteiger partial charge in [0, 0.05) is 44.7 Å². The van der Waals surface area contributed by atoms with Crippen molar-refractivity contribution in [1.29, 1.82) is 0 Å². The zero-order valence-electron chi connectivity index (χ0n) is 18.3. The lowest BCUT2D eigenvalue weighted by Crippen LogP contribution is -2.49. The summed E-state index contributed by atoms with van der Waals surface area (Å²) in [6.45, 7) is 7.14. The topological polar surface area (TPSA) is 110 Å². The Labute approximate surface area is 180 Å². The Morgan fingerprint density at radius 2 is 1.87 bits per heavy atom. The number of nitrogens with one attached hydrogen (secondary N) is 1. The average Bonchev–Trinajstić information content (AvgIpc) is 3.03. The minimum Gasteiger partial charge on any atom is -0.444 e. The van der Waals surface area contributed by atoms with E-state index in [0.717, 1.165) is 23.9 Å². The maximum absolute atomic E-state index is 12.3. The zero-order chi connectivity index (χ0) is 22.3. The van der Waals surface area contributed by atoms with Crippen molar-refractivity contribution in [2.45, 2.75) is 51.6 Å². The molecule has 4 rings (SSSR count). The van der Waals surface area contributed by atoms with Crippen LogP contribution in [0, 0.1) is 0 Å². The molecule has 0 aliphatic carbocycles. The van der Waals surface area contributed by atoms with Crippen LogP contribution < -0.4 is 10.2 Å². The number of aryl methyl sites for hydroxylation is 1. The number of nitrogens with zero attached hydrogens (tertiary/aromatic N) is 5. The van der Waals surface area contributed by atoms with E-state index in [1.54, 1.807) is 16.6 Å². The van der Waals surface area contributed by atoms with Gasteiger partial charge in [0.15, 0.2) is 11.5 Å². The minimum absolute atomic E-state index is 0.234. The molecule has 4 heterocycles. The number of aromatic nitrogens is 3. The van der Waals surface area contributed by atoms with E-state index in [2.05, 4.69) is 10.4 Å². The van der Waals surface area contributed by atoms with Crippen molar-refractivity contribution in [3.63, 3.8) is 0 Å². The minimum atomic E-state index is -0.504. The third-order valence-corrected chi connectivity index (χ3v) is 5.56. The number of likely N-dealkylation sites (tertiary alicyclic amines) is 1. The van der Waals surface area contributed by atoms with E-state index in [1.807, 2.05) is 32.9 Å². The molecule has 2 aliphatic heterocycles. The standard InChI is InChI=1S/C21H28N6O4/c1-21(2,3)31-20(30)26-10-7-13(8-11-26)15-6-5-14-17(22-15)25(4)24-18(14)27-12-9-16(28)23-19(27)29/h5-6,13H,7-12H2,1-4H3,(H,23,28,29). The number of fused-ring (bicyclic) bond motifs is 1. The maximum Gasteiger partial charge on any atom is 0.410 e. The predicted octanol–water partition coefficient (Wildman–Crippen LogP) is 2.53. The summed E-state index contributed by atoms with van der Waals surface area (Å²) in [7, 11) is 1.79. The summed E-state index contributed by atoms with van der Waals surface area (Å²) in [6, 6.07) is 3.44. The monoisotopic (exact) mass is 428 g/mol. The fraction of sp³-hybridized carbons (Fsp3) is 0.571. The van der Waals surface area contributed by atoms with Crippen LogP contribution in [0.2, 0.25) is 0 Å². The zero-order valence-corrected chi connectivity index (χ0v) is 18.3. The molecule has 2 aliphatic rings. The van der Waals surface area contributed by atoms with Crippen LogP contribution in [0.3, 0.4) is 0 Å². The molecule has 0 saturated carbocycles. The first-order valence-electron chi connectivity index (χ1n) is 10.6. The van der Waals surface area contributed by atoms with E-state index >= 15 is 0 Å². The van der Waals surface area contributed by atoms with E-state index in [-0.39, 0.29) is 24.3 Å². The number of hydrogen-bond donors (Lipinski definition) is 1. The van der Waals surface area contributed by atoms with Gasteiger partial charge in [-0.2, -0.15) is 5.10 Å². The lowest BCUT2D eigenvalue weighted by atomic mass is 9.93. The van der Waals surface area contributed by atoms with Gasteiger partial charge in [-0.05, 0) is 45.7 Å². The molecule has 2 aromatic rings. The molecular weight excluding hydrogens is 400 g/mol. The number of rotatable bonds is 2. The molecule has 10 heteroatoms. The van der Waals surface area contributed by atoms with Crippen LogP contribution in [0.15, 0.2) is 12.1 Å².